The molecule has 1 rings (SSSR count). The van der Waals surface area contributed by atoms with E-state index in [0.29, 0.717) is 0 Å². The number of carbonyl (C=O) groups is 1. The van der Waals surface area contributed by atoms with E-state index in [1.54, 1.807) is 0 Å². The molecule has 1 aromatic rings. The van der Waals surface area contributed by atoms with Gasteiger partial charge in [-0.2, -0.15) is 13.2 Å². The van der Waals surface area contributed by atoms with Crippen LogP contribution in [0.1, 0.15) is 5.56 Å². The van der Waals surface area contributed by atoms with Gasteiger partial charge in [0.2, 0.25) is 0 Å². The molecule has 0 aliphatic heterocycles. The largest absolute Gasteiger partial charge is 0.417 e. The van der Waals surface area contributed by atoms with Crippen molar-refractivity contribution in [3.63, 3.8) is 0 Å². The average molecular weight is 299 g/mol. The predicted molar refractivity (Wildman–Crippen MR) is 63.6 cm³/mol. The maximum atomic E-state index is 12.5. The van der Waals surface area contributed by atoms with Crippen LogP contribution >= 0.6 is 23.2 Å². The molecule has 98 valence electrons. The highest BCUT2D eigenvalue weighted by molar-refractivity contribution is 6.63. The van der Waals surface area contributed by atoms with Crippen molar-refractivity contribution in [1.82, 2.24) is 4.90 Å². The molecular formula is C10H7Cl2F3N2O. The topological polar surface area (TPSA) is 32.7 Å². The standard InChI is InChI=1S/C10H7Cl2F3N2O/c1-17(9(12)18)5-16-6-2-3-8(11)7(4-6)10(13,14)15/h2-5H,1H3. The summed E-state index contributed by atoms with van der Waals surface area (Å²) in [6.07, 6.45) is -3.55. The van der Waals surface area contributed by atoms with Gasteiger partial charge in [0.25, 0.3) is 0 Å². The van der Waals surface area contributed by atoms with E-state index in [4.69, 9.17) is 23.2 Å². The zero-order chi connectivity index (χ0) is 13.9. The van der Waals surface area contributed by atoms with E-state index in [-0.39, 0.29) is 5.69 Å². The molecule has 0 spiro atoms. The summed E-state index contributed by atoms with van der Waals surface area (Å²) in [5.41, 5.74) is -0.977. The molecule has 0 heterocycles. The van der Waals surface area contributed by atoms with Crippen LogP contribution in [0.2, 0.25) is 5.02 Å². The second-order valence-electron chi connectivity index (χ2n) is 3.27. The number of aliphatic imine (C=N–C) groups is 1. The Labute approximate surface area is 111 Å². The average Bonchev–Trinajstić information content (AvgIpc) is 2.25. The molecule has 0 saturated carbocycles. The van der Waals surface area contributed by atoms with Gasteiger partial charge in [-0.1, -0.05) is 11.6 Å². The van der Waals surface area contributed by atoms with E-state index in [9.17, 15) is 18.0 Å². The van der Waals surface area contributed by atoms with Crippen molar-refractivity contribution in [2.24, 2.45) is 4.99 Å². The summed E-state index contributed by atoms with van der Waals surface area (Å²) in [6.45, 7) is 0. The van der Waals surface area contributed by atoms with Crippen LogP contribution in [-0.2, 0) is 6.18 Å². The monoisotopic (exact) mass is 298 g/mol. The minimum absolute atomic E-state index is 0.0106. The Morgan fingerprint density at radius 1 is 1.44 bits per heavy atom. The van der Waals surface area contributed by atoms with Crippen molar-refractivity contribution >= 4 is 40.6 Å². The lowest BCUT2D eigenvalue weighted by Crippen LogP contribution is -2.18. The Kier molecular flexibility index (Phi) is 4.59. The predicted octanol–water partition coefficient (Wildman–Crippen LogP) is 4.31. The van der Waals surface area contributed by atoms with Crippen LogP contribution in [0.15, 0.2) is 23.2 Å². The third kappa shape index (κ3) is 3.89. The van der Waals surface area contributed by atoms with Gasteiger partial charge >= 0.3 is 11.5 Å². The maximum Gasteiger partial charge on any atom is 0.417 e. The molecule has 0 atom stereocenters. The van der Waals surface area contributed by atoms with Crippen LogP contribution in [0.25, 0.3) is 0 Å². The molecule has 8 heteroatoms. The quantitative estimate of drug-likeness (QED) is 0.346. The van der Waals surface area contributed by atoms with Gasteiger partial charge in [0.05, 0.1) is 22.6 Å². The number of alkyl halides is 3. The SMILES string of the molecule is CN(C=Nc1ccc(Cl)c(C(F)(F)F)c1)C(=O)Cl. The number of rotatable bonds is 2. The summed E-state index contributed by atoms with van der Waals surface area (Å²) in [6, 6.07) is 3.16. The number of hydrogen-bond donors (Lipinski definition) is 0. The summed E-state index contributed by atoms with van der Waals surface area (Å²) < 4.78 is 37.6. The van der Waals surface area contributed by atoms with Crippen molar-refractivity contribution in [3.05, 3.63) is 28.8 Å². The first-order valence-corrected chi connectivity index (χ1v) is 5.30. The number of amides is 1. The minimum atomic E-state index is -4.56. The molecule has 0 unspecified atom stereocenters. The number of nitrogens with zero attached hydrogens (tertiary/aromatic N) is 2. The molecular weight excluding hydrogens is 292 g/mol. The first kappa shape index (κ1) is 14.8. The molecule has 0 aromatic heterocycles. The van der Waals surface area contributed by atoms with Gasteiger partial charge in [-0.15, -0.1) is 0 Å². The molecule has 0 radical (unpaired) electrons. The van der Waals surface area contributed by atoms with E-state index in [0.717, 1.165) is 23.4 Å². The second kappa shape index (κ2) is 5.58. The number of halogens is 5. The first-order chi connectivity index (χ1) is 8.21. The van der Waals surface area contributed by atoms with Gasteiger partial charge in [-0.3, -0.25) is 9.69 Å². The Hall–Kier alpha value is -1.27. The van der Waals surface area contributed by atoms with E-state index < -0.39 is 22.1 Å². The Bertz CT molecular complexity index is 489. The van der Waals surface area contributed by atoms with Crippen molar-refractivity contribution in [2.45, 2.75) is 6.18 Å². The maximum absolute atomic E-state index is 12.5. The highest BCUT2D eigenvalue weighted by Crippen LogP contribution is 2.36. The van der Waals surface area contributed by atoms with Gasteiger partial charge in [0.15, 0.2) is 0 Å². The third-order valence-corrected chi connectivity index (χ3v) is 2.51. The molecule has 1 aromatic carbocycles. The normalized spacial score (nSPS) is 11.9. The summed E-state index contributed by atoms with van der Waals surface area (Å²) >= 11 is 10.6. The fourth-order valence-corrected chi connectivity index (χ4v) is 1.28. The third-order valence-electron chi connectivity index (χ3n) is 1.91. The van der Waals surface area contributed by atoms with E-state index in [1.807, 2.05) is 0 Å². The number of benzene rings is 1. The summed E-state index contributed by atoms with van der Waals surface area (Å²) in [5, 5.41) is -1.22. The van der Waals surface area contributed by atoms with Crippen LogP contribution in [-0.4, -0.2) is 23.7 Å². The van der Waals surface area contributed by atoms with Crippen LogP contribution < -0.4 is 0 Å². The molecule has 18 heavy (non-hydrogen) atoms. The van der Waals surface area contributed by atoms with Crippen molar-refractivity contribution in [3.8, 4) is 0 Å². The van der Waals surface area contributed by atoms with Crippen molar-refractivity contribution in [1.29, 1.82) is 0 Å². The van der Waals surface area contributed by atoms with Crippen LogP contribution in [0, 0.1) is 0 Å². The molecule has 0 fully saturated rings. The van der Waals surface area contributed by atoms with Crippen LogP contribution in [0.3, 0.4) is 0 Å². The minimum Gasteiger partial charge on any atom is -0.292 e. The lowest BCUT2D eigenvalue weighted by molar-refractivity contribution is -0.137. The smallest absolute Gasteiger partial charge is 0.292 e. The molecule has 0 bridgehead atoms. The Balaban J connectivity index is 3.03. The van der Waals surface area contributed by atoms with Crippen LogP contribution in [0.4, 0.5) is 23.7 Å². The highest BCUT2D eigenvalue weighted by atomic mass is 35.5. The van der Waals surface area contributed by atoms with Gasteiger partial charge < -0.3 is 0 Å². The van der Waals surface area contributed by atoms with Gasteiger partial charge in [-0.05, 0) is 29.8 Å². The highest BCUT2D eigenvalue weighted by Gasteiger charge is 2.33. The summed E-state index contributed by atoms with van der Waals surface area (Å²) in [4.78, 5) is 15.2. The first-order valence-electron chi connectivity index (χ1n) is 4.55. The van der Waals surface area contributed by atoms with Gasteiger partial charge in [0, 0.05) is 7.05 Å². The molecule has 0 aliphatic rings. The fraction of sp³-hybridized carbons (Fsp3) is 0.200. The molecule has 0 N–H and O–H groups in total. The Morgan fingerprint density at radius 2 is 2.06 bits per heavy atom. The second-order valence-corrected chi connectivity index (χ2v) is 4.00. The molecule has 0 saturated heterocycles. The fourth-order valence-electron chi connectivity index (χ4n) is 1.01. The van der Waals surface area contributed by atoms with Crippen molar-refractivity contribution in [2.75, 3.05) is 7.05 Å². The Morgan fingerprint density at radius 3 is 2.56 bits per heavy atom. The van der Waals surface area contributed by atoms with E-state index >= 15 is 0 Å². The van der Waals surface area contributed by atoms with Gasteiger partial charge in [-0.25, -0.2) is 4.99 Å². The number of carbonyl (C=O) groups excluding carboxylic acids is 1. The van der Waals surface area contributed by atoms with Crippen LogP contribution in [0.5, 0.6) is 0 Å². The number of hydrogen-bond acceptors (Lipinski definition) is 2. The summed E-state index contributed by atoms with van der Waals surface area (Å²) in [7, 11) is 1.32. The van der Waals surface area contributed by atoms with Gasteiger partial charge in [0.1, 0.15) is 0 Å². The molecule has 1 amide bonds. The molecule has 0 aliphatic carbocycles. The zero-order valence-electron chi connectivity index (χ0n) is 9.00. The van der Waals surface area contributed by atoms with E-state index in [1.165, 1.54) is 13.1 Å². The van der Waals surface area contributed by atoms with E-state index in [2.05, 4.69) is 4.99 Å². The molecule has 3 nitrogen and oxygen atoms in total. The summed E-state index contributed by atoms with van der Waals surface area (Å²) in [5.74, 6) is 0. The lowest BCUT2D eigenvalue weighted by atomic mass is 10.2. The van der Waals surface area contributed by atoms with Crippen molar-refractivity contribution < 1.29 is 18.0 Å². The lowest BCUT2D eigenvalue weighted by Gasteiger charge is -2.09. The zero-order valence-corrected chi connectivity index (χ0v) is 10.5.